The van der Waals surface area contributed by atoms with Crippen molar-refractivity contribution in [3.05, 3.63) is 34.3 Å². The Morgan fingerprint density at radius 2 is 1.94 bits per heavy atom. The van der Waals surface area contributed by atoms with Crippen molar-refractivity contribution >= 4 is 31.9 Å². The van der Waals surface area contributed by atoms with Crippen LogP contribution in [0.2, 0.25) is 0 Å². The number of nitrogens with zero attached hydrogens (tertiary/aromatic N) is 1. The van der Waals surface area contributed by atoms with Crippen LogP contribution in [0.3, 0.4) is 0 Å². The van der Waals surface area contributed by atoms with E-state index in [4.69, 9.17) is 0 Å². The van der Waals surface area contributed by atoms with E-state index < -0.39 is 0 Å². The van der Waals surface area contributed by atoms with Gasteiger partial charge in [0.1, 0.15) is 0 Å². The predicted molar refractivity (Wildman–Crippen MR) is 78.1 cm³/mol. The predicted octanol–water partition coefficient (Wildman–Crippen LogP) is 4.45. The highest BCUT2D eigenvalue weighted by Crippen LogP contribution is 2.18. The molecule has 1 nitrogen and oxygen atoms in total. The van der Waals surface area contributed by atoms with E-state index in [9.17, 15) is 0 Å². The van der Waals surface area contributed by atoms with Crippen LogP contribution < -0.4 is 0 Å². The number of hydrogen-bond donors (Lipinski definition) is 0. The van der Waals surface area contributed by atoms with E-state index in [1.54, 1.807) is 0 Å². The molecule has 0 atom stereocenters. The summed E-state index contributed by atoms with van der Waals surface area (Å²) in [6, 6.07) is 8.47. The second-order valence-electron chi connectivity index (χ2n) is 3.91. The lowest BCUT2D eigenvalue weighted by Crippen LogP contribution is -2.26. The first-order chi connectivity index (χ1) is 7.77. The van der Waals surface area contributed by atoms with Gasteiger partial charge in [-0.05, 0) is 24.6 Å². The van der Waals surface area contributed by atoms with Crippen LogP contribution in [0.5, 0.6) is 0 Å². The van der Waals surface area contributed by atoms with Gasteiger partial charge in [-0.1, -0.05) is 63.4 Å². The third kappa shape index (κ3) is 4.98. The molecular weight excluding hydrogens is 330 g/mol. The van der Waals surface area contributed by atoms with Crippen LogP contribution in [0.4, 0.5) is 0 Å². The van der Waals surface area contributed by atoms with Gasteiger partial charge < -0.3 is 0 Å². The fourth-order valence-corrected chi connectivity index (χ4v) is 2.55. The monoisotopic (exact) mass is 347 g/mol. The van der Waals surface area contributed by atoms with E-state index in [1.807, 2.05) is 0 Å². The summed E-state index contributed by atoms with van der Waals surface area (Å²) < 4.78 is 1.21. The van der Waals surface area contributed by atoms with Gasteiger partial charge >= 0.3 is 0 Å². The Labute approximate surface area is 115 Å². The van der Waals surface area contributed by atoms with Gasteiger partial charge in [0, 0.05) is 22.9 Å². The van der Waals surface area contributed by atoms with Crippen molar-refractivity contribution in [1.29, 1.82) is 0 Å². The summed E-state index contributed by atoms with van der Waals surface area (Å²) in [6.45, 7) is 5.57. The number of rotatable bonds is 7. The van der Waals surface area contributed by atoms with Crippen LogP contribution in [0.15, 0.2) is 28.7 Å². The lowest BCUT2D eigenvalue weighted by molar-refractivity contribution is 0.278. The second kappa shape index (κ2) is 8.26. The minimum absolute atomic E-state index is 1.03. The third-order valence-electron chi connectivity index (χ3n) is 2.58. The van der Waals surface area contributed by atoms with Crippen molar-refractivity contribution in [2.24, 2.45) is 0 Å². The molecule has 0 radical (unpaired) electrons. The van der Waals surface area contributed by atoms with Gasteiger partial charge in [-0.3, -0.25) is 4.90 Å². The van der Waals surface area contributed by atoms with Crippen molar-refractivity contribution < 1.29 is 0 Å². The Kier molecular flexibility index (Phi) is 7.33. The Hall–Kier alpha value is 0.140. The quantitative estimate of drug-likeness (QED) is 0.658. The maximum Gasteiger partial charge on any atom is 0.0245 e. The summed E-state index contributed by atoms with van der Waals surface area (Å²) in [7, 11) is 0. The van der Waals surface area contributed by atoms with E-state index in [0.717, 1.165) is 18.4 Å². The molecule has 1 rings (SSSR count). The Balaban J connectivity index is 2.56. The summed E-state index contributed by atoms with van der Waals surface area (Å²) in [5, 5.41) is 1.04. The molecule has 0 aliphatic carbocycles. The third-order valence-corrected chi connectivity index (χ3v) is 3.71. The maximum atomic E-state index is 3.61. The largest absolute Gasteiger partial charge is 0.298 e. The normalized spacial score (nSPS) is 11.0. The molecule has 1 aromatic carbocycles. The molecule has 0 heterocycles. The van der Waals surface area contributed by atoms with Gasteiger partial charge in [0.2, 0.25) is 0 Å². The van der Waals surface area contributed by atoms with Gasteiger partial charge in [0.05, 0.1) is 0 Å². The number of hydrogen-bond acceptors (Lipinski definition) is 1. The zero-order valence-electron chi connectivity index (χ0n) is 9.76. The highest BCUT2D eigenvalue weighted by molar-refractivity contribution is 9.10. The fourth-order valence-electron chi connectivity index (χ4n) is 1.64. The molecule has 0 aromatic heterocycles. The minimum atomic E-state index is 1.03. The van der Waals surface area contributed by atoms with Gasteiger partial charge in [-0.25, -0.2) is 0 Å². The van der Waals surface area contributed by atoms with Crippen LogP contribution in [-0.4, -0.2) is 23.3 Å². The summed E-state index contributed by atoms with van der Waals surface area (Å²) in [5.41, 5.74) is 1.37. The highest BCUT2D eigenvalue weighted by atomic mass is 79.9. The fraction of sp³-hybridized carbons (Fsp3) is 0.538. The smallest absolute Gasteiger partial charge is 0.0245 e. The first kappa shape index (κ1) is 14.2. The average molecular weight is 349 g/mol. The number of halogens is 2. The molecule has 0 unspecified atom stereocenters. The van der Waals surface area contributed by atoms with E-state index in [1.165, 1.54) is 29.4 Å². The van der Waals surface area contributed by atoms with Gasteiger partial charge in [0.15, 0.2) is 0 Å². The molecule has 90 valence electrons. The first-order valence-corrected chi connectivity index (χ1v) is 7.71. The summed E-state index contributed by atoms with van der Waals surface area (Å²) in [4.78, 5) is 2.50. The van der Waals surface area contributed by atoms with Gasteiger partial charge in [-0.2, -0.15) is 0 Å². The van der Waals surface area contributed by atoms with Crippen LogP contribution in [0.1, 0.15) is 25.3 Å². The lowest BCUT2D eigenvalue weighted by Gasteiger charge is -2.21. The van der Waals surface area contributed by atoms with Crippen LogP contribution in [0.25, 0.3) is 0 Å². The van der Waals surface area contributed by atoms with Crippen LogP contribution in [0, 0.1) is 0 Å². The number of unbranched alkanes of at least 4 members (excludes halogenated alkanes) is 1. The van der Waals surface area contributed by atoms with Crippen molar-refractivity contribution in [1.82, 2.24) is 4.90 Å². The number of alkyl halides is 1. The van der Waals surface area contributed by atoms with Crippen molar-refractivity contribution in [3.8, 4) is 0 Å². The minimum Gasteiger partial charge on any atom is -0.298 e. The molecule has 0 aliphatic heterocycles. The van der Waals surface area contributed by atoms with E-state index >= 15 is 0 Å². The summed E-state index contributed by atoms with van der Waals surface area (Å²) in [5.74, 6) is 0. The van der Waals surface area contributed by atoms with E-state index in [0.29, 0.717) is 0 Å². The van der Waals surface area contributed by atoms with Crippen molar-refractivity contribution in [2.75, 3.05) is 18.4 Å². The molecule has 0 aliphatic rings. The van der Waals surface area contributed by atoms with E-state index in [2.05, 4.69) is 67.9 Å². The Bertz CT molecular complexity index is 302. The maximum absolute atomic E-state index is 3.61. The topological polar surface area (TPSA) is 3.24 Å². The second-order valence-corrected chi connectivity index (χ2v) is 5.56. The molecule has 3 heteroatoms. The molecule has 1 aromatic rings. The van der Waals surface area contributed by atoms with Gasteiger partial charge in [0.25, 0.3) is 0 Å². The molecule has 0 spiro atoms. The van der Waals surface area contributed by atoms with Crippen LogP contribution in [-0.2, 0) is 6.54 Å². The molecule has 0 saturated heterocycles. The summed E-state index contributed by atoms with van der Waals surface area (Å²) in [6.07, 6.45) is 2.53. The molecule has 0 saturated carbocycles. The zero-order chi connectivity index (χ0) is 11.8. The molecule has 16 heavy (non-hydrogen) atoms. The Morgan fingerprint density at radius 3 is 2.56 bits per heavy atom. The highest BCUT2D eigenvalue weighted by Gasteiger charge is 2.06. The molecular formula is C13H19Br2N. The summed E-state index contributed by atoms with van der Waals surface area (Å²) >= 11 is 7.13. The standard InChI is InChI=1S/C13H19Br2N/c1-2-3-9-16(10-8-14)11-12-6-4-5-7-13(12)15/h4-7H,2-3,8-11H2,1H3. The average Bonchev–Trinajstić information content (AvgIpc) is 2.29. The van der Waals surface area contributed by atoms with Crippen molar-refractivity contribution in [3.63, 3.8) is 0 Å². The molecule has 0 N–H and O–H groups in total. The SMILES string of the molecule is CCCCN(CCBr)Cc1ccccc1Br. The number of benzene rings is 1. The molecule has 0 amide bonds. The lowest BCUT2D eigenvalue weighted by atomic mass is 10.2. The van der Waals surface area contributed by atoms with Crippen molar-refractivity contribution in [2.45, 2.75) is 26.3 Å². The molecule has 0 fully saturated rings. The van der Waals surface area contributed by atoms with E-state index in [-0.39, 0.29) is 0 Å². The molecule has 0 bridgehead atoms. The van der Waals surface area contributed by atoms with Gasteiger partial charge in [-0.15, -0.1) is 0 Å². The Morgan fingerprint density at radius 1 is 1.19 bits per heavy atom. The van der Waals surface area contributed by atoms with Crippen LogP contribution >= 0.6 is 31.9 Å². The first-order valence-electron chi connectivity index (χ1n) is 5.79. The zero-order valence-corrected chi connectivity index (χ0v) is 12.9.